The number of anilines is 2. The molecule has 0 heterocycles. The van der Waals surface area contributed by atoms with Crippen LogP contribution in [-0.4, -0.2) is 32.1 Å². The van der Waals surface area contributed by atoms with E-state index in [1.807, 2.05) is 6.92 Å². The van der Waals surface area contributed by atoms with Crippen LogP contribution in [0.3, 0.4) is 0 Å². The van der Waals surface area contributed by atoms with Crippen molar-refractivity contribution in [2.75, 3.05) is 31.2 Å². The van der Waals surface area contributed by atoms with E-state index in [2.05, 4.69) is 15.4 Å². The van der Waals surface area contributed by atoms with Gasteiger partial charge in [-0.2, -0.15) is 0 Å². The van der Waals surface area contributed by atoms with Crippen LogP contribution < -0.4 is 16.4 Å². The van der Waals surface area contributed by atoms with Gasteiger partial charge in [0.25, 0.3) is 0 Å². The summed E-state index contributed by atoms with van der Waals surface area (Å²) < 4.78 is 4.65. The Morgan fingerprint density at radius 2 is 2.05 bits per heavy atom. The molecular formula is C14H21N3O3. The molecule has 6 heteroatoms. The van der Waals surface area contributed by atoms with Crippen LogP contribution >= 0.6 is 0 Å². The molecule has 0 saturated carbocycles. The molecule has 0 fully saturated rings. The number of amides is 1. The summed E-state index contributed by atoms with van der Waals surface area (Å²) in [5.74, 6) is -0.434. The zero-order valence-electron chi connectivity index (χ0n) is 11.9. The van der Waals surface area contributed by atoms with Gasteiger partial charge in [0.05, 0.1) is 24.0 Å². The average Bonchev–Trinajstić information content (AvgIpc) is 2.46. The number of carbonyl (C=O) groups is 2. The van der Waals surface area contributed by atoms with Gasteiger partial charge in [0.15, 0.2) is 0 Å². The second kappa shape index (κ2) is 8.04. The minimum atomic E-state index is -0.422. The monoisotopic (exact) mass is 279 g/mol. The highest BCUT2D eigenvalue weighted by molar-refractivity contribution is 5.92. The number of nitrogen functional groups attached to an aromatic ring is 1. The molecule has 0 saturated heterocycles. The Labute approximate surface area is 118 Å². The van der Waals surface area contributed by atoms with Gasteiger partial charge in [-0.05, 0) is 24.6 Å². The Bertz CT molecular complexity index is 475. The summed E-state index contributed by atoms with van der Waals surface area (Å²) >= 11 is 0. The van der Waals surface area contributed by atoms with Crippen molar-refractivity contribution in [2.45, 2.75) is 19.8 Å². The number of rotatable bonds is 7. The van der Waals surface area contributed by atoms with Crippen molar-refractivity contribution in [1.29, 1.82) is 0 Å². The molecule has 1 aromatic rings. The van der Waals surface area contributed by atoms with Crippen molar-refractivity contribution in [3.8, 4) is 0 Å². The Morgan fingerprint density at radius 3 is 2.70 bits per heavy atom. The van der Waals surface area contributed by atoms with E-state index >= 15 is 0 Å². The topological polar surface area (TPSA) is 93.5 Å². The van der Waals surface area contributed by atoms with Crippen LogP contribution in [0.1, 0.15) is 30.1 Å². The molecule has 1 rings (SSSR count). The molecule has 0 aliphatic rings. The predicted molar refractivity (Wildman–Crippen MR) is 78.6 cm³/mol. The molecule has 0 atom stereocenters. The number of esters is 1. The fourth-order valence-electron chi connectivity index (χ4n) is 1.62. The molecule has 0 aliphatic heterocycles. The summed E-state index contributed by atoms with van der Waals surface area (Å²) in [6.45, 7) is 3.13. The Balaban J connectivity index is 2.55. The van der Waals surface area contributed by atoms with E-state index in [9.17, 15) is 9.59 Å². The van der Waals surface area contributed by atoms with Crippen LogP contribution in [0.2, 0.25) is 0 Å². The maximum Gasteiger partial charge on any atom is 0.337 e. The SMILES string of the molecule is CCCNC(=O)CCNc1cc(C(=O)OC)ccc1N. The highest BCUT2D eigenvalue weighted by atomic mass is 16.5. The second-order valence-electron chi connectivity index (χ2n) is 4.32. The number of carbonyl (C=O) groups excluding carboxylic acids is 2. The minimum absolute atomic E-state index is 0.0120. The highest BCUT2D eigenvalue weighted by Crippen LogP contribution is 2.20. The summed E-state index contributed by atoms with van der Waals surface area (Å²) in [5.41, 5.74) is 7.37. The summed E-state index contributed by atoms with van der Waals surface area (Å²) in [7, 11) is 1.32. The van der Waals surface area contributed by atoms with Gasteiger partial charge in [-0.15, -0.1) is 0 Å². The first-order valence-electron chi connectivity index (χ1n) is 6.57. The number of ether oxygens (including phenoxy) is 1. The minimum Gasteiger partial charge on any atom is -0.465 e. The zero-order valence-corrected chi connectivity index (χ0v) is 11.9. The standard InChI is InChI=1S/C14H21N3O3/c1-3-7-17-13(18)6-8-16-12-9-10(14(19)20-2)4-5-11(12)15/h4-5,9,16H,3,6-8,15H2,1-2H3,(H,17,18). The Morgan fingerprint density at radius 1 is 1.30 bits per heavy atom. The zero-order chi connectivity index (χ0) is 15.0. The van der Waals surface area contributed by atoms with Gasteiger partial charge >= 0.3 is 5.97 Å². The van der Waals surface area contributed by atoms with Crippen LogP contribution in [0.25, 0.3) is 0 Å². The maximum absolute atomic E-state index is 11.4. The van der Waals surface area contributed by atoms with Crippen LogP contribution in [-0.2, 0) is 9.53 Å². The molecular weight excluding hydrogens is 258 g/mol. The number of hydrogen-bond acceptors (Lipinski definition) is 5. The summed E-state index contributed by atoms with van der Waals surface area (Å²) in [6, 6.07) is 4.84. The van der Waals surface area contributed by atoms with Gasteiger partial charge < -0.3 is 21.1 Å². The third kappa shape index (κ3) is 4.79. The summed E-state index contributed by atoms with van der Waals surface area (Å²) in [4.78, 5) is 22.9. The van der Waals surface area contributed by atoms with Crippen molar-refractivity contribution in [2.24, 2.45) is 0 Å². The molecule has 0 spiro atoms. The molecule has 0 aromatic heterocycles. The first-order valence-corrected chi connectivity index (χ1v) is 6.57. The van der Waals surface area contributed by atoms with Crippen molar-refractivity contribution >= 4 is 23.3 Å². The van der Waals surface area contributed by atoms with E-state index in [1.165, 1.54) is 7.11 Å². The number of methoxy groups -OCH3 is 1. The van der Waals surface area contributed by atoms with Gasteiger partial charge in [-0.25, -0.2) is 4.79 Å². The molecule has 110 valence electrons. The summed E-state index contributed by atoms with van der Waals surface area (Å²) in [5, 5.41) is 5.83. The lowest BCUT2D eigenvalue weighted by molar-refractivity contribution is -0.120. The molecule has 1 amide bonds. The van der Waals surface area contributed by atoms with Gasteiger partial charge in [0.1, 0.15) is 0 Å². The first-order chi connectivity index (χ1) is 9.58. The molecule has 0 unspecified atom stereocenters. The molecule has 1 aromatic carbocycles. The van der Waals surface area contributed by atoms with Crippen molar-refractivity contribution in [3.63, 3.8) is 0 Å². The van der Waals surface area contributed by atoms with E-state index in [-0.39, 0.29) is 5.91 Å². The van der Waals surface area contributed by atoms with Gasteiger partial charge in [-0.3, -0.25) is 4.79 Å². The van der Waals surface area contributed by atoms with E-state index in [1.54, 1.807) is 18.2 Å². The lowest BCUT2D eigenvalue weighted by atomic mass is 10.1. The lowest BCUT2D eigenvalue weighted by Gasteiger charge is -2.10. The normalized spacial score (nSPS) is 9.90. The smallest absolute Gasteiger partial charge is 0.337 e. The molecule has 6 nitrogen and oxygen atoms in total. The maximum atomic E-state index is 11.4. The van der Waals surface area contributed by atoms with Crippen LogP contribution in [0, 0.1) is 0 Å². The van der Waals surface area contributed by atoms with Gasteiger partial charge in [0.2, 0.25) is 5.91 Å². The van der Waals surface area contributed by atoms with E-state index < -0.39 is 5.97 Å². The van der Waals surface area contributed by atoms with Crippen molar-refractivity contribution < 1.29 is 14.3 Å². The van der Waals surface area contributed by atoms with E-state index in [4.69, 9.17) is 5.73 Å². The fraction of sp³-hybridized carbons (Fsp3) is 0.429. The van der Waals surface area contributed by atoms with Crippen molar-refractivity contribution in [1.82, 2.24) is 5.32 Å². The number of nitrogens with one attached hydrogen (secondary N) is 2. The second-order valence-corrected chi connectivity index (χ2v) is 4.32. The van der Waals surface area contributed by atoms with Crippen molar-refractivity contribution in [3.05, 3.63) is 23.8 Å². The third-order valence-electron chi connectivity index (χ3n) is 2.71. The van der Waals surface area contributed by atoms with Crippen LogP contribution in [0.5, 0.6) is 0 Å². The largest absolute Gasteiger partial charge is 0.465 e. The number of nitrogens with two attached hydrogens (primary N) is 1. The Kier molecular flexibility index (Phi) is 6.36. The van der Waals surface area contributed by atoms with Gasteiger partial charge in [-0.1, -0.05) is 6.92 Å². The quantitative estimate of drug-likeness (QED) is 0.518. The molecule has 0 bridgehead atoms. The lowest BCUT2D eigenvalue weighted by Crippen LogP contribution is -2.26. The summed E-state index contributed by atoms with van der Waals surface area (Å²) in [6.07, 6.45) is 1.26. The average molecular weight is 279 g/mol. The van der Waals surface area contributed by atoms with E-state index in [0.29, 0.717) is 36.4 Å². The molecule has 0 radical (unpaired) electrons. The molecule has 0 aliphatic carbocycles. The molecule has 4 N–H and O–H groups in total. The highest BCUT2D eigenvalue weighted by Gasteiger charge is 2.08. The number of hydrogen-bond donors (Lipinski definition) is 3. The van der Waals surface area contributed by atoms with Crippen LogP contribution in [0.4, 0.5) is 11.4 Å². The van der Waals surface area contributed by atoms with E-state index in [0.717, 1.165) is 6.42 Å². The fourth-order valence-corrected chi connectivity index (χ4v) is 1.62. The predicted octanol–water partition coefficient (Wildman–Crippen LogP) is 1.38. The van der Waals surface area contributed by atoms with Gasteiger partial charge in [0, 0.05) is 19.5 Å². The molecule has 20 heavy (non-hydrogen) atoms. The first kappa shape index (κ1) is 15.8. The number of benzene rings is 1. The van der Waals surface area contributed by atoms with Crippen LogP contribution in [0.15, 0.2) is 18.2 Å². The third-order valence-corrected chi connectivity index (χ3v) is 2.71. The Hall–Kier alpha value is -2.24.